The monoisotopic (exact) mass is 262 g/mol. The third-order valence-electron chi connectivity index (χ3n) is 2.39. The van der Waals surface area contributed by atoms with Gasteiger partial charge in [0.25, 0.3) is 0 Å². The van der Waals surface area contributed by atoms with Crippen LogP contribution in [0.5, 0.6) is 0 Å². The lowest BCUT2D eigenvalue weighted by molar-refractivity contribution is 1.28. The normalized spacial score (nSPS) is 10.9. The van der Waals surface area contributed by atoms with Gasteiger partial charge in [-0.15, -0.1) is 0 Å². The minimum atomic E-state index is 0.681. The molecule has 17 heavy (non-hydrogen) atoms. The van der Waals surface area contributed by atoms with Gasteiger partial charge in [-0.3, -0.25) is 0 Å². The molecule has 0 aliphatic carbocycles. The topological polar surface area (TPSA) is 0 Å². The average Bonchev–Trinajstić information content (AvgIpc) is 2.29. The second-order valence-electron chi connectivity index (χ2n) is 3.79. The minimum absolute atomic E-state index is 0.681. The van der Waals surface area contributed by atoms with Crippen LogP contribution in [0.25, 0.3) is 6.08 Å². The minimum Gasteiger partial charge on any atom is -0.0843 e. The Hall–Kier alpha value is -1.24. The molecule has 0 fully saturated rings. The molecule has 2 rings (SSSR count). The van der Waals surface area contributed by atoms with Gasteiger partial charge in [0.2, 0.25) is 0 Å². The highest BCUT2D eigenvalue weighted by Crippen LogP contribution is 2.19. The van der Waals surface area contributed by atoms with Gasteiger partial charge in [-0.05, 0) is 35.7 Å². The standard InChI is InChI=1S/C15H12Cl2/c16-14-9-13(10-15(17)11-14)8-4-7-12-5-2-1-3-6-12/h1-7,9-11H,8H2/b7-4+. The van der Waals surface area contributed by atoms with Crippen molar-refractivity contribution in [2.75, 3.05) is 0 Å². The van der Waals surface area contributed by atoms with Gasteiger partial charge in [-0.1, -0.05) is 65.7 Å². The molecule has 0 amide bonds. The van der Waals surface area contributed by atoms with Gasteiger partial charge in [-0.25, -0.2) is 0 Å². The molecule has 0 saturated carbocycles. The molecule has 0 radical (unpaired) electrons. The molecule has 0 saturated heterocycles. The number of rotatable bonds is 3. The zero-order valence-electron chi connectivity index (χ0n) is 9.24. The molecule has 0 aliphatic rings. The summed E-state index contributed by atoms with van der Waals surface area (Å²) in [5.41, 5.74) is 2.32. The summed E-state index contributed by atoms with van der Waals surface area (Å²) < 4.78 is 0. The van der Waals surface area contributed by atoms with E-state index in [0.717, 1.165) is 12.0 Å². The Balaban J connectivity index is 2.05. The van der Waals surface area contributed by atoms with Crippen molar-refractivity contribution in [1.29, 1.82) is 0 Å². The Kier molecular flexibility index (Phi) is 4.24. The molecule has 0 aromatic heterocycles. The van der Waals surface area contributed by atoms with Crippen molar-refractivity contribution in [3.63, 3.8) is 0 Å². The molecule has 0 nitrogen and oxygen atoms in total. The van der Waals surface area contributed by atoms with Crippen LogP contribution in [0.2, 0.25) is 10.0 Å². The van der Waals surface area contributed by atoms with Crippen LogP contribution in [0, 0.1) is 0 Å². The van der Waals surface area contributed by atoms with E-state index in [4.69, 9.17) is 23.2 Å². The number of allylic oxidation sites excluding steroid dienone is 1. The first-order valence-electron chi connectivity index (χ1n) is 5.40. The Bertz CT molecular complexity index is 495. The van der Waals surface area contributed by atoms with Crippen molar-refractivity contribution >= 4 is 29.3 Å². The fourth-order valence-corrected chi connectivity index (χ4v) is 2.20. The molecule has 2 heteroatoms. The van der Waals surface area contributed by atoms with E-state index in [9.17, 15) is 0 Å². The van der Waals surface area contributed by atoms with Gasteiger partial charge in [0.1, 0.15) is 0 Å². The van der Waals surface area contributed by atoms with Gasteiger partial charge in [0.15, 0.2) is 0 Å². The maximum atomic E-state index is 5.94. The zero-order valence-corrected chi connectivity index (χ0v) is 10.7. The first-order valence-corrected chi connectivity index (χ1v) is 6.16. The van der Waals surface area contributed by atoms with Crippen LogP contribution in [-0.4, -0.2) is 0 Å². The van der Waals surface area contributed by atoms with E-state index < -0.39 is 0 Å². The van der Waals surface area contributed by atoms with Crippen LogP contribution >= 0.6 is 23.2 Å². The Morgan fingerprint density at radius 2 is 1.53 bits per heavy atom. The summed E-state index contributed by atoms with van der Waals surface area (Å²) in [6.07, 6.45) is 5.03. The smallest absolute Gasteiger partial charge is 0.0423 e. The van der Waals surface area contributed by atoms with E-state index in [2.05, 4.69) is 24.3 Å². The molecular weight excluding hydrogens is 251 g/mol. The van der Waals surface area contributed by atoms with Gasteiger partial charge >= 0.3 is 0 Å². The molecule has 0 bridgehead atoms. The van der Waals surface area contributed by atoms with E-state index in [1.54, 1.807) is 6.07 Å². The number of benzene rings is 2. The molecule has 0 aliphatic heterocycles. The van der Waals surface area contributed by atoms with E-state index in [1.165, 1.54) is 5.56 Å². The van der Waals surface area contributed by atoms with E-state index in [1.807, 2.05) is 30.3 Å². The second-order valence-corrected chi connectivity index (χ2v) is 4.67. The van der Waals surface area contributed by atoms with E-state index in [-0.39, 0.29) is 0 Å². The predicted octanol–water partition coefficient (Wildman–Crippen LogP) is 5.25. The highest BCUT2D eigenvalue weighted by Gasteiger charge is 1.96. The first-order chi connectivity index (χ1) is 8.24. The molecular formula is C15H12Cl2. The summed E-state index contributed by atoms with van der Waals surface area (Å²) in [4.78, 5) is 0. The molecule has 2 aromatic carbocycles. The molecule has 0 N–H and O–H groups in total. The SMILES string of the molecule is Clc1cc(Cl)cc(C/C=C/c2ccccc2)c1. The molecule has 2 aromatic rings. The third kappa shape index (κ3) is 3.92. The Morgan fingerprint density at radius 3 is 2.18 bits per heavy atom. The fraction of sp³-hybridized carbons (Fsp3) is 0.0667. The van der Waals surface area contributed by atoms with Gasteiger partial charge in [-0.2, -0.15) is 0 Å². The largest absolute Gasteiger partial charge is 0.0843 e. The van der Waals surface area contributed by atoms with Crippen LogP contribution < -0.4 is 0 Å². The summed E-state index contributed by atoms with van der Waals surface area (Å²) in [5.74, 6) is 0. The first kappa shape index (κ1) is 12.2. The maximum Gasteiger partial charge on any atom is 0.0423 e. The van der Waals surface area contributed by atoms with Crippen molar-refractivity contribution in [3.05, 3.63) is 75.8 Å². The zero-order chi connectivity index (χ0) is 12.1. The van der Waals surface area contributed by atoms with Gasteiger partial charge in [0, 0.05) is 10.0 Å². The maximum absolute atomic E-state index is 5.94. The highest BCUT2D eigenvalue weighted by molar-refractivity contribution is 6.34. The van der Waals surface area contributed by atoms with E-state index >= 15 is 0 Å². The lowest BCUT2D eigenvalue weighted by atomic mass is 10.1. The van der Waals surface area contributed by atoms with Crippen LogP contribution in [0.4, 0.5) is 0 Å². The molecule has 0 heterocycles. The van der Waals surface area contributed by atoms with Crippen LogP contribution in [0.15, 0.2) is 54.6 Å². The lowest BCUT2D eigenvalue weighted by Gasteiger charge is -1.99. The summed E-state index contributed by atoms with van der Waals surface area (Å²) in [6, 6.07) is 15.8. The summed E-state index contributed by atoms with van der Waals surface area (Å²) in [7, 11) is 0. The van der Waals surface area contributed by atoms with Crippen LogP contribution in [-0.2, 0) is 6.42 Å². The number of hydrogen-bond donors (Lipinski definition) is 0. The van der Waals surface area contributed by atoms with Crippen molar-refractivity contribution in [2.45, 2.75) is 6.42 Å². The molecule has 0 spiro atoms. The Labute approximate surface area is 112 Å². The number of halogens is 2. The van der Waals surface area contributed by atoms with Crippen molar-refractivity contribution in [2.24, 2.45) is 0 Å². The Morgan fingerprint density at radius 1 is 0.882 bits per heavy atom. The number of hydrogen-bond acceptors (Lipinski definition) is 0. The molecule has 0 unspecified atom stereocenters. The van der Waals surface area contributed by atoms with Gasteiger partial charge in [0.05, 0.1) is 0 Å². The fourth-order valence-electron chi connectivity index (χ4n) is 1.62. The molecule has 86 valence electrons. The van der Waals surface area contributed by atoms with Crippen LogP contribution in [0.1, 0.15) is 11.1 Å². The molecule has 0 atom stereocenters. The highest BCUT2D eigenvalue weighted by atomic mass is 35.5. The van der Waals surface area contributed by atoms with Gasteiger partial charge < -0.3 is 0 Å². The van der Waals surface area contributed by atoms with Crippen LogP contribution in [0.3, 0.4) is 0 Å². The summed E-state index contributed by atoms with van der Waals surface area (Å²) in [6.45, 7) is 0. The predicted molar refractivity (Wildman–Crippen MR) is 75.6 cm³/mol. The average molecular weight is 263 g/mol. The summed E-state index contributed by atoms with van der Waals surface area (Å²) >= 11 is 11.9. The third-order valence-corrected chi connectivity index (χ3v) is 2.82. The summed E-state index contributed by atoms with van der Waals surface area (Å²) in [5, 5.41) is 1.36. The second kappa shape index (κ2) is 5.90. The quantitative estimate of drug-likeness (QED) is 0.709. The van der Waals surface area contributed by atoms with E-state index in [0.29, 0.717) is 10.0 Å². The lowest BCUT2D eigenvalue weighted by Crippen LogP contribution is -1.81. The van der Waals surface area contributed by atoms with Crippen molar-refractivity contribution < 1.29 is 0 Å². The van der Waals surface area contributed by atoms with Crippen molar-refractivity contribution in [3.8, 4) is 0 Å². The van der Waals surface area contributed by atoms with Crippen molar-refractivity contribution in [1.82, 2.24) is 0 Å².